The Morgan fingerprint density at radius 3 is 2.36 bits per heavy atom. The molecule has 1 amide bonds. The molecular formula is C25H23F2N5O. The van der Waals surface area contributed by atoms with Crippen molar-refractivity contribution in [1.82, 2.24) is 19.7 Å². The van der Waals surface area contributed by atoms with Crippen molar-refractivity contribution in [2.75, 3.05) is 5.32 Å². The standard InChI is InChI=1S/C25H23F2N5O/c1-25(26,27)21-4-3-5-22(12-21)31-24(33)11-17-6-8-19(9-7-17)20-14-28-23(29-15-20)10-18-13-30-32(2)16-18/h3-9,12-16H,10-11H2,1-2H3,(H,31,33). The monoisotopic (exact) mass is 447 g/mol. The van der Waals surface area contributed by atoms with Crippen molar-refractivity contribution in [3.63, 3.8) is 0 Å². The summed E-state index contributed by atoms with van der Waals surface area (Å²) in [6.07, 6.45) is 8.02. The fourth-order valence-corrected chi connectivity index (χ4v) is 3.42. The Balaban J connectivity index is 1.36. The summed E-state index contributed by atoms with van der Waals surface area (Å²) in [4.78, 5) is 21.2. The van der Waals surface area contributed by atoms with E-state index in [1.165, 1.54) is 18.2 Å². The SMILES string of the molecule is Cn1cc(Cc2ncc(-c3ccc(CC(=O)Nc4cccc(C(C)(F)F)c4)cc3)cn2)cn1. The Bertz CT molecular complexity index is 1250. The molecule has 0 bridgehead atoms. The van der Waals surface area contributed by atoms with Crippen LogP contribution in [0.2, 0.25) is 0 Å². The number of nitrogens with zero attached hydrogens (tertiary/aromatic N) is 4. The van der Waals surface area contributed by atoms with Gasteiger partial charge in [-0.2, -0.15) is 5.10 Å². The molecule has 6 nitrogen and oxygen atoms in total. The van der Waals surface area contributed by atoms with Gasteiger partial charge >= 0.3 is 0 Å². The summed E-state index contributed by atoms with van der Waals surface area (Å²) in [6, 6.07) is 13.2. The van der Waals surface area contributed by atoms with E-state index in [2.05, 4.69) is 20.4 Å². The van der Waals surface area contributed by atoms with Crippen LogP contribution < -0.4 is 5.32 Å². The first-order valence-electron chi connectivity index (χ1n) is 10.4. The van der Waals surface area contributed by atoms with Crippen molar-refractivity contribution in [3.8, 4) is 11.1 Å². The zero-order chi connectivity index (χ0) is 23.4. The molecule has 0 aliphatic heterocycles. The van der Waals surface area contributed by atoms with E-state index in [0.29, 0.717) is 17.9 Å². The predicted molar refractivity (Wildman–Crippen MR) is 122 cm³/mol. The van der Waals surface area contributed by atoms with Crippen LogP contribution in [-0.2, 0) is 30.6 Å². The number of carbonyl (C=O) groups excluding carboxylic acids is 1. The van der Waals surface area contributed by atoms with E-state index in [-0.39, 0.29) is 17.9 Å². The van der Waals surface area contributed by atoms with Crippen LogP contribution >= 0.6 is 0 Å². The van der Waals surface area contributed by atoms with Gasteiger partial charge in [0.1, 0.15) is 5.82 Å². The summed E-state index contributed by atoms with van der Waals surface area (Å²) in [6.45, 7) is 0.828. The van der Waals surface area contributed by atoms with Gasteiger partial charge in [-0.25, -0.2) is 18.7 Å². The third-order valence-electron chi connectivity index (χ3n) is 5.13. The molecule has 168 valence electrons. The molecule has 0 aliphatic rings. The maximum absolute atomic E-state index is 13.5. The molecule has 0 radical (unpaired) electrons. The molecule has 33 heavy (non-hydrogen) atoms. The number of carbonyl (C=O) groups is 1. The quantitative estimate of drug-likeness (QED) is 0.443. The Labute approximate surface area is 190 Å². The molecule has 4 rings (SSSR count). The first-order valence-corrected chi connectivity index (χ1v) is 10.4. The van der Waals surface area contributed by atoms with Crippen LogP contribution in [0.15, 0.2) is 73.3 Å². The van der Waals surface area contributed by atoms with Gasteiger partial charge in [0.25, 0.3) is 5.92 Å². The molecule has 2 aromatic heterocycles. The highest BCUT2D eigenvalue weighted by Gasteiger charge is 2.24. The van der Waals surface area contributed by atoms with Crippen molar-refractivity contribution in [3.05, 3.63) is 95.8 Å². The van der Waals surface area contributed by atoms with E-state index in [1.54, 1.807) is 29.3 Å². The van der Waals surface area contributed by atoms with Crippen LogP contribution in [0.4, 0.5) is 14.5 Å². The van der Waals surface area contributed by atoms with Gasteiger partial charge in [0, 0.05) is 55.8 Å². The minimum Gasteiger partial charge on any atom is -0.326 e. The molecule has 0 saturated heterocycles. The van der Waals surface area contributed by atoms with Crippen molar-refractivity contribution < 1.29 is 13.6 Å². The Kier molecular flexibility index (Phi) is 6.26. The number of amides is 1. The lowest BCUT2D eigenvalue weighted by molar-refractivity contribution is -0.115. The highest BCUT2D eigenvalue weighted by atomic mass is 19.3. The Morgan fingerprint density at radius 1 is 1.00 bits per heavy atom. The topological polar surface area (TPSA) is 72.7 Å². The second kappa shape index (κ2) is 9.28. The Hall–Kier alpha value is -3.94. The first kappa shape index (κ1) is 22.3. The second-order valence-corrected chi connectivity index (χ2v) is 7.98. The predicted octanol–water partition coefficient (Wildman–Crippen LogP) is 4.76. The van der Waals surface area contributed by atoms with E-state index >= 15 is 0 Å². The van der Waals surface area contributed by atoms with Gasteiger partial charge in [0.15, 0.2) is 0 Å². The summed E-state index contributed by atoms with van der Waals surface area (Å²) in [5.41, 5.74) is 3.87. The fourth-order valence-electron chi connectivity index (χ4n) is 3.42. The number of hydrogen-bond donors (Lipinski definition) is 1. The lowest BCUT2D eigenvalue weighted by atomic mass is 10.0. The summed E-state index contributed by atoms with van der Waals surface area (Å²) >= 11 is 0. The van der Waals surface area contributed by atoms with Crippen LogP contribution in [0.5, 0.6) is 0 Å². The zero-order valence-corrected chi connectivity index (χ0v) is 18.3. The van der Waals surface area contributed by atoms with Gasteiger partial charge in [-0.3, -0.25) is 9.48 Å². The summed E-state index contributed by atoms with van der Waals surface area (Å²) < 4.78 is 28.7. The molecule has 2 heterocycles. The third kappa shape index (κ3) is 5.85. The third-order valence-corrected chi connectivity index (χ3v) is 5.13. The van der Waals surface area contributed by atoms with Crippen LogP contribution in [0.3, 0.4) is 0 Å². The number of hydrogen-bond acceptors (Lipinski definition) is 4. The van der Waals surface area contributed by atoms with E-state index in [4.69, 9.17) is 0 Å². The second-order valence-electron chi connectivity index (χ2n) is 7.98. The van der Waals surface area contributed by atoms with Gasteiger partial charge in [0.05, 0.1) is 12.6 Å². The first-order chi connectivity index (χ1) is 15.8. The highest BCUT2D eigenvalue weighted by Crippen LogP contribution is 2.28. The number of anilines is 1. The number of nitrogens with one attached hydrogen (secondary N) is 1. The fraction of sp³-hybridized carbons (Fsp3) is 0.200. The van der Waals surface area contributed by atoms with Crippen molar-refractivity contribution in [1.29, 1.82) is 0 Å². The molecule has 1 N–H and O–H groups in total. The average Bonchev–Trinajstić information content (AvgIpc) is 3.19. The smallest absolute Gasteiger partial charge is 0.270 e. The van der Waals surface area contributed by atoms with E-state index in [1.807, 2.05) is 37.5 Å². The number of alkyl halides is 2. The van der Waals surface area contributed by atoms with Gasteiger partial charge in [-0.15, -0.1) is 0 Å². The lowest BCUT2D eigenvalue weighted by Gasteiger charge is -2.12. The minimum atomic E-state index is -2.96. The van der Waals surface area contributed by atoms with Crippen LogP contribution in [0, 0.1) is 0 Å². The van der Waals surface area contributed by atoms with Gasteiger partial charge in [0.2, 0.25) is 5.91 Å². The molecule has 0 aliphatic carbocycles. The summed E-state index contributed by atoms with van der Waals surface area (Å²) in [5.74, 6) is -2.52. The Morgan fingerprint density at radius 2 is 1.73 bits per heavy atom. The average molecular weight is 447 g/mol. The lowest BCUT2D eigenvalue weighted by Crippen LogP contribution is -2.15. The van der Waals surface area contributed by atoms with Crippen LogP contribution in [0.1, 0.15) is 29.4 Å². The minimum absolute atomic E-state index is 0.133. The number of aromatic nitrogens is 4. The summed E-state index contributed by atoms with van der Waals surface area (Å²) in [5, 5.41) is 6.82. The normalized spacial score (nSPS) is 11.4. The largest absolute Gasteiger partial charge is 0.326 e. The number of halogens is 2. The molecule has 0 spiro atoms. The van der Waals surface area contributed by atoms with Crippen LogP contribution in [0.25, 0.3) is 11.1 Å². The highest BCUT2D eigenvalue weighted by molar-refractivity contribution is 5.92. The maximum atomic E-state index is 13.5. The molecular weight excluding hydrogens is 424 g/mol. The van der Waals surface area contributed by atoms with Crippen molar-refractivity contribution in [2.45, 2.75) is 25.7 Å². The molecule has 0 fully saturated rings. The maximum Gasteiger partial charge on any atom is 0.270 e. The number of aryl methyl sites for hydroxylation is 1. The molecule has 0 unspecified atom stereocenters. The molecule has 4 aromatic rings. The molecule has 0 atom stereocenters. The van der Waals surface area contributed by atoms with Crippen molar-refractivity contribution >= 4 is 11.6 Å². The van der Waals surface area contributed by atoms with E-state index in [0.717, 1.165) is 29.2 Å². The van der Waals surface area contributed by atoms with Gasteiger partial charge < -0.3 is 5.32 Å². The molecule has 8 heteroatoms. The molecule has 0 saturated carbocycles. The van der Waals surface area contributed by atoms with Crippen LogP contribution in [-0.4, -0.2) is 25.7 Å². The number of benzene rings is 2. The summed E-state index contributed by atoms with van der Waals surface area (Å²) in [7, 11) is 1.87. The zero-order valence-electron chi connectivity index (χ0n) is 18.3. The van der Waals surface area contributed by atoms with Gasteiger partial charge in [-0.1, -0.05) is 36.4 Å². The molecule has 2 aromatic carbocycles. The van der Waals surface area contributed by atoms with Crippen molar-refractivity contribution in [2.24, 2.45) is 7.05 Å². The number of rotatable bonds is 7. The van der Waals surface area contributed by atoms with E-state index < -0.39 is 5.92 Å². The van der Waals surface area contributed by atoms with Gasteiger partial charge in [-0.05, 0) is 28.8 Å². The van der Waals surface area contributed by atoms with E-state index in [9.17, 15) is 13.6 Å².